The fourth-order valence-electron chi connectivity index (χ4n) is 8.35. The van der Waals surface area contributed by atoms with Gasteiger partial charge in [-0.25, -0.2) is 17.5 Å². The first kappa shape index (κ1) is 43.0. The number of likely N-dealkylation sites (tertiary alicyclic amines) is 1. The maximum Gasteiger partial charge on any atom is 0.315 e. The van der Waals surface area contributed by atoms with Crippen LogP contribution in [0.5, 0.6) is 0 Å². The first-order chi connectivity index (χ1) is 25.1. The van der Waals surface area contributed by atoms with Crippen molar-refractivity contribution in [2.45, 2.75) is 112 Å². The lowest BCUT2D eigenvalue weighted by atomic mass is 9.78. The van der Waals surface area contributed by atoms with Crippen molar-refractivity contribution in [1.29, 1.82) is 0 Å². The third-order valence-corrected chi connectivity index (χ3v) is 13.9. The molecule has 1 unspecified atom stereocenters. The summed E-state index contributed by atoms with van der Waals surface area (Å²) in [6, 6.07) is 3.67. The summed E-state index contributed by atoms with van der Waals surface area (Å²) in [5, 5.41) is 11.4. The van der Waals surface area contributed by atoms with Gasteiger partial charge < -0.3 is 26.2 Å². The number of nitrogens with zero attached hydrogens (tertiary/aromatic N) is 2. The number of nitrogens with one attached hydrogen (secondary N) is 4. The third kappa shape index (κ3) is 9.18. The fourth-order valence-corrected chi connectivity index (χ4v) is 9.17. The van der Waals surface area contributed by atoms with Crippen LogP contribution >= 0.6 is 0 Å². The number of carbonyl (C=O) groups is 5. The molecule has 0 bridgehead atoms. The summed E-state index contributed by atoms with van der Waals surface area (Å²) in [5.41, 5.74) is 0.614. The molecule has 0 aromatic heterocycles. The van der Waals surface area contributed by atoms with Crippen LogP contribution in [-0.2, 0) is 42.0 Å². The first-order valence-corrected chi connectivity index (χ1v) is 20.8. The van der Waals surface area contributed by atoms with E-state index in [9.17, 15) is 27.6 Å². The molecule has 2 fully saturated rings. The minimum atomic E-state index is -3.53. The van der Waals surface area contributed by atoms with E-state index < -0.39 is 74.6 Å². The molecule has 1 aromatic carbocycles. The van der Waals surface area contributed by atoms with Crippen LogP contribution in [0, 0.1) is 28.1 Å². The molecule has 13 nitrogen and oxygen atoms in total. The van der Waals surface area contributed by atoms with Crippen molar-refractivity contribution in [3.63, 3.8) is 0 Å². The Morgan fingerprint density at radius 3 is 2.17 bits per heavy atom. The first-order valence-electron chi connectivity index (χ1n) is 19.2. The van der Waals surface area contributed by atoms with Crippen molar-refractivity contribution in [3.8, 4) is 0 Å². The molecule has 0 spiro atoms. The Morgan fingerprint density at radius 1 is 1.02 bits per heavy atom. The molecule has 6 atom stereocenters. The summed E-state index contributed by atoms with van der Waals surface area (Å²) < 4.78 is 26.5. The zero-order chi connectivity index (χ0) is 40.4. The van der Waals surface area contributed by atoms with Gasteiger partial charge >= 0.3 is 6.03 Å². The number of urea groups is 1. The Bertz CT molecular complexity index is 1700. The van der Waals surface area contributed by atoms with Crippen LogP contribution in [0.3, 0.4) is 0 Å². The molecule has 0 radical (unpaired) electrons. The number of sulfonamides is 1. The maximum absolute atomic E-state index is 15.0. The molecule has 1 aliphatic heterocycles. The number of unbranched alkanes of at least 4 members (excludes halogenated alkanes) is 1. The largest absolute Gasteiger partial charge is 0.346 e. The molecule has 1 heterocycles. The number of likely N-dealkylation sites (N-methyl/N-ethyl adjacent to an activating group) is 1. The number of carbonyl (C=O) groups excluding carboxylic acids is 5. The Kier molecular flexibility index (Phi) is 13.1. The van der Waals surface area contributed by atoms with Crippen LogP contribution in [0.2, 0.25) is 0 Å². The molecule has 4 rings (SSSR count). The molecule has 54 heavy (non-hydrogen) atoms. The quantitative estimate of drug-likeness (QED) is 0.139. The smallest absolute Gasteiger partial charge is 0.315 e. The number of hydrogen-bond donors (Lipinski definition) is 4. The van der Waals surface area contributed by atoms with Crippen LogP contribution < -0.4 is 21.3 Å². The molecule has 1 aromatic rings. The molecule has 300 valence electrons. The van der Waals surface area contributed by atoms with Gasteiger partial charge in [-0.05, 0) is 60.0 Å². The molecular weight excluding hydrogens is 709 g/mol. The van der Waals surface area contributed by atoms with Crippen LogP contribution in [-0.4, -0.2) is 104 Å². The molecule has 5 amide bonds. The average molecular weight is 771 g/mol. The van der Waals surface area contributed by atoms with E-state index in [4.69, 9.17) is 0 Å². The number of Topliss-reactive ketones (excluding diaryl/α,β-unsaturated/α-hetero) is 1. The second kappa shape index (κ2) is 16.5. The van der Waals surface area contributed by atoms with Gasteiger partial charge in [0.1, 0.15) is 12.1 Å². The second-order valence-electron chi connectivity index (χ2n) is 17.4. The number of hydrogen-bond acceptors (Lipinski definition) is 7. The van der Waals surface area contributed by atoms with E-state index in [0.29, 0.717) is 25.8 Å². The van der Waals surface area contributed by atoms with Gasteiger partial charge in [0.2, 0.25) is 27.6 Å². The monoisotopic (exact) mass is 770 g/mol. The van der Waals surface area contributed by atoms with Crippen molar-refractivity contribution in [2.75, 3.05) is 32.4 Å². The Morgan fingerprint density at radius 2 is 1.63 bits per heavy atom. The number of benzene rings is 1. The zero-order valence-electron chi connectivity index (χ0n) is 33.6. The molecular formula is C40H62N6O7S. The summed E-state index contributed by atoms with van der Waals surface area (Å²) in [7, 11) is -2.04. The summed E-state index contributed by atoms with van der Waals surface area (Å²) in [6.07, 6.45) is 4.11. The maximum atomic E-state index is 15.0. The standard InChI is InChI=1S/C40H62N6O7S/c1-11-14-19-28(32(47)35(49)41-20-12-2)42-34(48)31-30-27(39(30,7)8)23-46(31)36(50)33(40(9)21-25-17-15-16-18-26(25)22-40)44-37(51)43-29(38(4,5)6)24-45(10)54(52,53)13-3/h12,15-18,27-31,33H,2,11,13-14,19-24H2,1,3-10H3,(H,41,49)(H,42,48)(H2,43,44,51)/t27-,28?,29+,30-,31-,33+/m0/s1. The lowest BCUT2D eigenvalue weighted by Crippen LogP contribution is -2.63. The summed E-state index contributed by atoms with van der Waals surface area (Å²) in [5.74, 6) is -2.69. The molecule has 3 aliphatic rings. The van der Waals surface area contributed by atoms with Gasteiger partial charge in [-0.15, -0.1) is 6.58 Å². The number of piperidine rings is 1. The molecule has 1 saturated heterocycles. The van der Waals surface area contributed by atoms with Gasteiger partial charge in [0.15, 0.2) is 0 Å². The number of ketones is 1. The molecule has 14 heteroatoms. The van der Waals surface area contributed by atoms with E-state index in [1.54, 1.807) is 11.8 Å². The van der Waals surface area contributed by atoms with E-state index in [1.807, 2.05) is 58.9 Å². The van der Waals surface area contributed by atoms with E-state index >= 15 is 4.79 Å². The van der Waals surface area contributed by atoms with Crippen molar-refractivity contribution >= 4 is 39.6 Å². The third-order valence-electron chi connectivity index (χ3n) is 12.0. The van der Waals surface area contributed by atoms with Gasteiger partial charge in [0.25, 0.3) is 5.91 Å². The lowest BCUT2D eigenvalue weighted by Gasteiger charge is -2.40. The number of rotatable bonds is 17. The highest BCUT2D eigenvalue weighted by atomic mass is 32.2. The minimum Gasteiger partial charge on any atom is -0.346 e. The predicted molar refractivity (Wildman–Crippen MR) is 209 cm³/mol. The van der Waals surface area contributed by atoms with Gasteiger partial charge in [-0.1, -0.05) is 91.6 Å². The zero-order valence-corrected chi connectivity index (χ0v) is 34.4. The van der Waals surface area contributed by atoms with Crippen LogP contribution in [0.15, 0.2) is 36.9 Å². The predicted octanol–water partition coefficient (Wildman–Crippen LogP) is 3.18. The normalized spacial score (nSPS) is 22.6. The van der Waals surface area contributed by atoms with Crippen molar-refractivity contribution < 1.29 is 32.4 Å². The van der Waals surface area contributed by atoms with E-state index in [2.05, 4.69) is 41.7 Å². The fraction of sp³-hybridized carbons (Fsp3) is 0.675. The molecule has 4 N–H and O–H groups in total. The van der Waals surface area contributed by atoms with Gasteiger partial charge in [0, 0.05) is 38.1 Å². The summed E-state index contributed by atoms with van der Waals surface area (Å²) >= 11 is 0. The lowest BCUT2D eigenvalue weighted by molar-refractivity contribution is -0.145. The molecule has 1 saturated carbocycles. The average Bonchev–Trinajstić information content (AvgIpc) is 3.41. The number of fused-ring (bicyclic) bond motifs is 2. The highest BCUT2D eigenvalue weighted by molar-refractivity contribution is 7.89. The van der Waals surface area contributed by atoms with E-state index in [0.717, 1.165) is 17.5 Å². The van der Waals surface area contributed by atoms with Gasteiger partial charge in [-0.2, -0.15) is 0 Å². The Hall–Kier alpha value is -3.78. The van der Waals surface area contributed by atoms with Gasteiger partial charge in [-0.3, -0.25) is 19.2 Å². The second-order valence-corrected chi connectivity index (χ2v) is 19.7. The van der Waals surface area contributed by atoms with Crippen LogP contribution in [0.1, 0.15) is 85.8 Å². The highest BCUT2D eigenvalue weighted by Crippen LogP contribution is 2.65. The van der Waals surface area contributed by atoms with E-state index in [1.165, 1.54) is 17.4 Å². The van der Waals surface area contributed by atoms with Crippen LogP contribution in [0.25, 0.3) is 0 Å². The van der Waals surface area contributed by atoms with Crippen molar-refractivity contribution in [1.82, 2.24) is 30.5 Å². The summed E-state index contributed by atoms with van der Waals surface area (Å²) in [4.78, 5) is 70.9. The Labute approximate surface area is 321 Å². The highest BCUT2D eigenvalue weighted by Gasteiger charge is 2.70. The number of amides is 5. The van der Waals surface area contributed by atoms with Gasteiger partial charge in [0.05, 0.1) is 11.8 Å². The topological polar surface area (TPSA) is 174 Å². The molecule has 2 aliphatic carbocycles. The van der Waals surface area contributed by atoms with Crippen molar-refractivity contribution in [2.24, 2.45) is 28.1 Å². The Balaban J connectivity index is 1.66. The SMILES string of the molecule is C=CCNC(=O)C(=O)C(CCCC)NC(=O)[C@@H]1[C@@H]2[C@H](CN1C(=O)[C@@H](NC(=O)N[C@H](CN(C)S(=O)(=O)CC)C(C)(C)C)C1(C)Cc3ccccc3C1)C2(C)C. The van der Waals surface area contributed by atoms with E-state index in [-0.39, 0.29) is 42.5 Å². The summed E-state index contributed by atoms with van der Waals surface area (Å²) in [6.45, 7) is 19.4. The van der Waals surface area contributed by atoms with Crippen molar-refractivity contribution in [3.05, 3.63) is 48.0 Å². The van der Waals surface area contributed by atoms with Crippen LogP contribution in [0.4, 0.5) is 4.79 Å². The minimum absolute atomic E-state index is 0.0299.